The Bertz CT molecular complexity index is 386. The first kappa shape index (κ1) is 12.9. The number of carbonyl (C=O) groups excluding carboxylic acids is 1. The highest BCUT2D eigenvalue weighted by Gasteiger charge is 2.15. The topological polar surface area (TPSA) is 76.4 Å². The van der Waals surface area contributed by atoms with Gasteiger partial charge >= 0.3 is 5.97 Å². The lowest BCUT2D eigenvalue weighted by Gasteiger charge is -2.07. The molecule has 2 rings (SSSR count). The molecular formula is C12H19N3O3. The molecule has 1 unspecified atom stereocenters. The van der Waals surface area contributed by atoms with E-state index in [1.807, 2.05) is 0 Å². The van der Waals surface area contributed by atoms with Crippen molar-refractivity contribution in [2.45, 2.75) is 19.8 Å². The van der Waals surface area contributed by atoms with Crippen molar-refractivity contribution in [3.63, 3.8) is 0 Å². The second-order valence-corrected chi connectivity index (χ2v) is 4.33. The van der Waals surface area contributed by atoms with E-state index in [0.29, 0.717) is 12.6 Å². The predicted octanol–water partition coefficient (Wildman–Crippen LogP) is 1.26. The van der Waals surface area contributed by atoms with Crippen molar-refractivity contribution < 1.29 is 13.9 Å². The molecule has 100 valence electrons. The van der Waals surface area contributed by atoms with E-state index in [9.17, 15) is 4.79 Å². The van der Waals surface area contributed by atoms with Crippen LogP contribution in [0.3, 0.4) is 0 Å². The Morgan fingerprint density at radius 1 is 1.72 bits per heavy atom. The monoisotopic (exact) mass is 253 g/mol. The summed E-state index contributed by atoms with van der Waals surface area (Å²) in [5, 5.41) is 6.40. The molecule has 6 heteroatoms. The highest BCUT2D eigenvalue weighted by molar-refractivity contribution is 5.87. The van der Waals surface area contributed by atoms with Gasteiger partial charge in [0.05, 0.1) is 6.61 Å². The number of esters is 1. The molecule has 1 aliphatic heterocycles. The lowest BCUT2D eigenvalue weighted by Crippen LogP contribution is -2.13. The summed E-state index contributed by atoms with van der Waals surface area (Å²) in [4.78, 5) is 15.4. The number of ether oxygens (including phenoxy) is 1. The minimum absolute atomic E-state index is 0.210. The zero-order valence-corrected chi connectivity index (χ0v) is 10.6. The molecule has 0 saturated carbocycles. The van der Waals surface area contributed by atoms with Gasteiger partial charge in [-0.05, 0) is 38.8 Å². The molecular weight excluding hydrogens is 234 g/mol. The first-order chi connectivity index (χ1) is 8.79. The first-order valence-corrected chi connectivity index (χ1v) is 6.37. The number of aromatic nitrogens is 1. The fourth-order valence-corrected chi connectivity index (χ4v) is 2.00. The summed E-state index contributed by atoms with van der Waals surface area (Å²) in [6, 6.07) is 0.379. The summed E-state index contributed by atoms with van der Waals surface area (Å²) < 4.78 is 9.99. The summed E-state index contributed by atoms with van der Waals surface area (Å²) in [6.07, 6.45) is 3.61. The molecule has 0 amide bonds. The molecule has 0 spiro atoms. The van der Waals surface area contributed by atoms with E-state index >= 15 is 0 Å². The Morgan fingerprint density at radius 3 is 3.33 bits per heavy atom. The van der Waals surface area contributed by atoms with Crippen molar-refractivity contribution in [1.82, 2.24) is 10.3 Å². The van der Waals surface area contributed by atoms with Crippen molar-refractivity contribution in [1.29, 1.82) is 0 Å². The predicted molar refractivity (Wildman–Crippen MR) is 66.5 cm³/mol. The quantitative estimate of drug-likeness (QED) is 0.743. The molecule has 1 atom stereocenters. The molecule has 0 bridgehead atoms. The molecule has 2 heterocycles. The summed E-state index contributed by atoms with van der Waals surface area (Å²) in [7, 11) is 0. The van der Waals surface area contributed by atoms with Crippen molar-refractivity contribution in [3.05, 3.63) is 12.0 Å². The lowest BCUT2D eigenvalue weighted by molar-refractivity contribution is 0.0519. The van der Waals surface area contributed by atoms with Crippen molar-refractivity contribution in [2.75, 3.05) is 31.6 Å². The summed E-state index contributed by atoms with van der Waals surface area (Å²) in [5.74, 6) is 0.270. The van der Waals surface area contributed by atoms with E-state index in [4.69, 9.17) is 9.15 Å². The van der Waals surface area contributed by atoms with E-state index in [1.165, 1.54) is 12.7 Å². The summed E-state index contributed by atoms with van der Waals surface area (Å²) >= 11 is 0. The molecule has 18 heavy (non-hydrogen) atoms. The minimum atomic E-state index is -0.450. The van der Waals surface area contributed by atoms with Crippen LogP contribution in [0.1, 0.15) is 30.3 Å². The number of nitrogens with one attached hydrogen (secondary N) is 2. The van der Waals surface area contributed by atoms with Crippen LogP contribution in [-0.4, -0.2) is 37.2 Å². The van der Waals surface area contributed by atoms with Crippen LogP contribution < -0.4 is 10.6 Å². The van der Waals surface area contributed by atoms with Crippen LogP contribution in [0, 0.1) is 5.92 Å². The van der Waals surface area contributed by atoms with Crippen LogP contribution in [0.2, 0.25) is 0 Å². The number of carbonyl (C=O) groups is 1. The molecule has 0 aromatic carbocycles. The van der Waals surface area contributed by atoms with Gasteiger partial charge in [-0.25, -0.2) is 4.79 Å². The zero-order valence-electron chi connectivity index (χ0n) is 10.6. The number of rotatable bonds is 6. The molecule has 1 aromatic heterocycles. The van der Waals surface area contributed by atoms with Gasteiger partial charge in [-0.15, -0.1) is 0 Å². The van der Waals surface area contributed by atoms with Gasteiger partial charge < -0.3 is 19.8 Å². The Balaban J connectivity index is 1.74. The molecule has 2 N–H and O–H groups in total. The van der Waals surface area contributed by atoms with Crippen LogP contribution >= 0.6 is 0 Å². The van der Waals surface area contributed by atoms with Crippen LogP contribution in [0.15, 0.2) is 10.7 Å². The Kier molecular flexibility index (Phi) is 4.58. The number of hydrogen-bond acceptors (Lipinski definition) is 6. The number of nitrogens with zero attached hydrogens (tertiary/aromatic N) is 1. The fraction of sp³-hybridized carbons (Fsp3) is 0.667. The molecule has 0 radical (unpaired) electrons. The van der Waals surface area contributed by atoms with Crippen molar-refractivity contribution >= 4 is 12.0 Å². The van der Waals surface area contributed by atoms with Crippen LogP contribution in [0.4, 0.5) is 6.01 Å². The Labute approximate surface area is 106 Å². The summed E-state index contributed by atoms with van der Waals surface area (Å²) in [5.41, 5.74) is 0.210. The third kappa shape index (κ3) is 3.46. The highest BCUT2D eigenvalue weighted by atomic mass is 16.5. The van der Waals surface area contributed by atoms with Crippen LogP contribution in [0.25, 0.3) is 0 Å². The minimum Gasteiger partial charge on any atom is -0.461 e. The van der Waals surface area contributed by atoms with Gasteiger partial charge in [0.1, 0.15) is 6.26 Å². The number of anilines is 1. The van der Waals surface area contributed by atoms with Gasteiger partial charge in [-0.2, -0.15) is 4.98 Å². The average molecular weight is 253 g/mol. The molecule has 1 aliphatic rings. The number of oxazole rings is 1. The maximum Gasteiger partial charge on any atom is 0.360 e. The van der Waals surface area contributed by atoms with E-state index in [1.54, 1.807) is 6.92 Å². The van der Waals surface area contributed by atoms with E-state index in [2.05, 4.69) is 15.6 Å². The summed E-state index contributed by atoms with van der Waals surface area (Å²) in [6.45, 7) is 5.09. The normalized spacial score (nSPS) is 18.8. The average Bonchev–Trinajstić information content (AvgIpc) is 3.00. The maximum atomic E-state index is 11.4. The van der Waals surface area contributed by atoms with E-state index < -0.39 is 5.97 Å². The Hall–Kier alpha value is -1.56. The second-order valence-electron chi connectivity index (χ2n) is 4.33. The van der Waals surface area contributed by atoms with Gasteiger partial charge in [-0.1, -0.05) is 0 Å². The number of hydrogen-bond donors (Lipinski definition) is 2. The van der Waals surface area contributed by atoms with Gasteiger partial charge in [0.15, 0.2) is 5.69 Å². The van der Waals surface area contributed by atoms with Crippen molar-refractivity contribution in [3.8, 4) is 0 Å². The fourth-order valence-electron chi connectivity index (χ4n) is 2.00. The van der Waals surface area contributed by atoms with Gasteiger partial charge in [0, 0.05) is 6.54 Å². The second kappa shape index (κ2) is 6.39. The SMILES string of the molecule is CCOC(=O)c1coc(NCCC2CCNC2)n1. The smallest absolute Gasteiger partial charge is 0.360 e. The van der Waals surface area contributed by atoms with Gasteiger partial charge in [0.2, 0.25) is 0 Å². The van der Waals surface area contributed by atoms with Gasteiger partial charge in [-0.3, -0.25) is 0 Å². The Morgan fingerprint density at radius 2 is 2.61 bits per heavy atom. The lowest BCUT2D eigenvalue weighted by atomic mass is 10.1. The third-order valence-corrected chi connectivity index (χ3v) is 2.98. The van der Waals surface area contributed by atoms with Gasteiger partial charge in [0.25, 0.3) is 6.01 Å². The van der Waals surface area contributed by atoms with Crippen molar-refractivity contribution in [2.24, 2.45) is 5.92 Å². The molecule has 6 nitrogen and oxygen atoms in total. The van der Waals surface area contributed by atoms with Crippen LogP contribution in [0.5, 0.6) is 0 Å². The van der Waals surface area contributed by atoms with E-state index in [-0.39, 0.29) is 5.69 Å². The third-order valence-electron chi connectivity index (χ3n) is 2.98. The molecule has 1 saturated heterocycles. The van der Waals surface area contributed by atoms with E-state index in [0.717, 1.165) is 32.0 Å². The highest BCUT2D eigenvalue weighted by Crippen LogP contribution is 2.13. The zero-order chi connectivity index (χ0) is 12.8. The standard InChI is InChI=1S/C12H19N3O3/c1-2-17-11(16)10-8-18-12(15-10)14-6-4-9-3-5-13-7-9/h8-9,13H,2-7H2,1H3,(H,14,15). The molecule has 0 aliphatic carbocycles. The first-order valence-electron chi connectivity index (χ1n) is 6.37. The van der Waals surface area contributed by atoms with Crippen LogP contribution in [-0.2, 0) is 4.74 Å². The largest absolute Gasteiger partial charge is 0.461 e. The molecule has 1 aromatic rings. The maximum absolute atomic E-state index is 11.4. The molecule has 1 fully saturated rings.